The van der Waals surface area contributed by atoms with Crippen LogP contribution in [0.25, 0.3) is 0 Å². The predicted molar refractivity (Wildman–Crippen MR) is 82.1 cm³/mol. The van der Waals surface area contributed by atoms with Gasteiger partial charge in [-0.05, 0) is 37.3 Å². The van der Waals surface area contributed by atoms with Crippen LogP contribution < -0.4 is 5.56 Å². The summed E-state index contributed by atoms with van der Waals surface area (Å²) in [4.78, 5) is 39.6. The zero-order chi connectivity index (χ0) is 16.3. The Balaban J connectivity index is 2.24. The summed E-state index contributed by atoms with van der Waals surface area (Å²) in [7, 11) is 1.52. The number of aromatic amines is 1. The van der Waals surface area contributed by atoms with E-state index in [1.165, 1.54) is 18.9 Å². The van der Waals surface area contributed by atoms with Crippen LogP contribution in [0.15, 0.2) is 10.9 Å². The van der Waals surface area contributed by atoms with Crippen molar-refractivity contribution in [1.82, 2.24) is 9.88 Å². The summed E-state index contributed by atoms with van der Waals surface area (Å²) in [6.07, 6.45) is 4.92. The zero-order valence-electron chi connectivity index (χ0n) is 13.0. The third-order valence-corrected chi connectivity index (χ3v) is 4.13. The van der Waals surface area contributed by atoms with Crippen LogP contribution in [0, 0.1) is 5.92 Å². The van der Waals surface area contributed by atoms with E-state index < -0.39 is 17.8 Å². The fraction of sp³-hybridized carbons (Fsp3) is 0.562. The Hall–Kier alpha value is -2.11. The van der Waals surface area contributed by atoms with Gasteiger partial charge in [-0.1, -0.05) is 13.3 Å². The van der Waals surface area contributed by atoms with Crippen LogP contribution in [0.3, 0.4) is 0 Å². The maximum Gasteiger partial charge on any atom is 0.308 e. The lowest BCUT2D eigenvalue weighted by Crippen LogP contribution is -2.36. The largest absolute Gasteiger partial charge is 0.481 e. The van der Waals surface area contributed by atoms with Crippen LogP contribution in [-0.2, 0) is 17.6 Å². The molecule has 1 amide bonds. The number of hydrogen-bond donors (Lipinski definition) is 2. The van der Waals surface area contributed by atoms with Gasteiger partial charge in [-0.3, -0.25) is 14.4 Å². The average molecular weight is 306 g/mol. The molecule has 1 heterocycles. The number of hydrogen-bond acceptors (Lipinski definition) is 3. The van der Waals surface area contributed by atoms with Crippen molar-refractivity contribution in [3.63, 3.8) is 0 Å². The Morgan fingerprint density at radius 1 is 1.32 bits per heavy atom. The summed E-state index contributed by atoms with van der Waals surface area (Å²) in [5, 5.41) is 8.92. The second kappa shape index (κ2) is 6.77. The van der Waals surface area contributed by atoms with Gasteiger partial charge in [-0.25, -0.2) is 0 Å². The molecule has 1 aromatic heterocycles. The second-order valence-corrected chi connectivity index (χ2v) is 6.00. The Kier molecular flexibility index (Phi) is 5.00. The molecule has 1 aromatic rings. The Morgan fingerprint density at radius 3 is 2.68 bits per heavy atom. The lowest BCUT2D eigenvalue weighted by atomic mass is 10.1. The summed E-state index contributed by atoms with van der Waals surface area (Å²) in [5.41, 5.74) is 1.67. The van der Waals surface area contributed by atoms with Crippen molar-refractivity contribution >= 4 is 11.9 Å². The van der Waals surface area contributed by atoms with Gasteiger partial charge in [-0.2, -0.15) is 0 Å². The lowest BCUT2D eigenvalue weighted by Gasteiger charge is -2.19. The topological polar surface area (TPSA) is 90.5 Å². The number of carbonyl (C=O) groups is 2. The van der Waals surface area contributed by atoms with E-state index in [0.29, 0.717) is 0 Å². The van der Waals surface area contributed by atoms with Crippen molar-refractivity contribution < 1.29 is 14.7 Å². The molecule has 1 aliphatic rings. The minimum absolute atomic E-state index is 0.0741. The number of H-pyrrole nitrogens is 1. The van der Waals surface area contributed by atoms with Gasteiger partial charge in [0.05, 0.1) is 5.92 Å². The number of rotatable bonds is 4. The molecule has 1 unspecified atom stereocenters. The van der Waals surface area contributed by atoms with Gasteiger partial charge < -0.3 is 15.0 Å². The number of carboxylic acids is 1. The summed E-state index contributed by atoms with van der Waals surface area (Å²) in [6.45, 7) is 1.61. The molecule has 0 spiro atoms. The number of fused-ring (bicyclic) bond motifs is 1. The van der Waals surface area contributed by atoms with Crippen LogP contribution in [0.4, 0.5) is 0 Å². The van der Waals surface area contributed by atoms with E-state index in [-0.39, 0.29) is 17.7 Å². The van der Waals surface area contributed by atoms with Crippen molar-refractivity contribution in [3.8, 4) is 0 Å². The molecular weight excluding hydrogens is 284 g/mol. The fourth-order valence-electron chi connectivity index (χ4n) is 2.79. The van der Waals surface area contributed by atoms with E-state index in [4.69, 9.17) is 5.11 Å². The van der Waals surface area contributed by atoms with Crippen molar-refractivity contribution in [1.29, 1.82) is 0 Å². The molecule has 2 rings (SSSR count). The lowest BCUT2D eigenvalue weighted by molar-refractivity contribution is -0.141. The van der Waals surface area contributed by atoms with Crippen molar-refractivity contribution in [3.05, 3.63) is 33.2 Å². The van der Waals surface area contributed by atoms with Gasteiger partial charge in [0, 0.05) is 19.3 Å². The average Bonchev–Trinajstić information content (AvgIpc) is 2.70. The van der Waals surface area contributed by atoms with Crippen LogP contribution >= 0.6 is 0 Å². The fourth-order valence-corrected chi connectivity index (χ4v) is 2.79. The smallest absolute Gasteiger partial charge is 0.308 e. The number of carbonyl (C=O) groups excluding carboxylic acids is 1. The van der Waals surface area contributed by atoms with Crippen molar-refractivity contribution in [2.75, 3.05) is 13.6 Å². The van der Waals surface area contributed by atoms with Crippen molar-refractivity contribution in [2.45, 2.75) is 39.0 Å². The normalized spacial score (nSPS) is 15.5. The summed E-state index contributed by atoms with van der Waals surface area (Å²) >= 11 is 0. The first-order chi connectivity index (χ1) is 10.4. The van der Waals surface area contributed by atoms with E-state index in [0.717, 1.165) is 43.4 Å². The second-order valence-electron chi connectivity index (χ2n) is 6.00. The summed E-state index contributed by atoms with van der Waals surface area (Å²) in [6, 6.07) is 1.68. The number of aryl methyl sites for hydroxylation is 2. The molecule has 1 aliphatic carbocycles. The molecule has 2 N–H and O–H groups in total. The zero-order valence-corrected chi connectivity index (χ0v) is 13.0. The highest BCUT2D eigenvalue weighted by Gasteiger charge is 2.22. The van der Waals surface area contributed by atoms with E-state index in [1.54, 1.807) is 6.07 Å². The monoisotopic (exact) mass is 306 g/mol. The number of amides is 1. The van der Waals surface area contributed by atoms with Crippen molar-refractivity contribution in [2.24, 2.45) is 5.92 Å². The highest BCUT2D eigenvalue weighted by molar-refractivity contribution is 5.94. The maximum atomic E-state index is 12.4. The number of nitrogens with zero attached hydrogens (tertiary/aromatic N) is 1. The third-order valence-electron chi connectivity index (χ3n) is 4.13. The summed E-state index contributed by atoms with van der Waals surface area (Å²) < 4.78 is 0. The van der Waals surface area contributed by atoms with Gasteiger partial charge in [0.25, 0.3) is 11.5 Å². The molecule has 0 saturated carbocycles. The van der Waals surface area contributed by atoms with Gasteiger partial charge in [-0.15, -0.1) is 0 Å². The quantitative estimate of drug-likeness (QED) is 0.824. The van der Waals surface area contributed by atoms with Crippen LogP contribution in [0.1, 0.15) is 47.8 Å². The molecule has 0 aliphatic heterocycles. The Labute approximate surface area is 129 Å². The minimum atomic E-state index is -0.963. The molecule has 0 saturated heterocycles. The molecule has 1 atom stereocenters. The maximum absolute atomic E-state index is 12.4. The first kappa shape index (κ1) is 16.3. The highest BCUT2D eigenvalue weighted by atomic mass is 16.4. The standard InChI is InChI=1S/C16H22N2O4/c1-10(16(21)22)9-18(2)15(20)12-8-11-6-4-3-5-7-13(11)17-14(12)19/h8,10H,3-7,9H2,1-2H3,(H,17,19)(H,21,22). The first-order valence-electron chi connectivity index (χ1n) is 7.63. The first-order valence-corrected chi connectivity index (χ1v) is 7.63. The van der Waals surface area contributed by atoms with Gasteiger partial charge in [0.2, 0.25) is 0 Å². The van der Waals surface area contributed by atoms with Crippen LogP contribution in [-0.4, -0.2) is 40.5 Å². The molecule has 6 heteroatoms. The van der Waals surface area contributed by atoms with E-state index in [9.17, 15) is 14.4 Å². The number of aliphatic carboxylic acids is 1. The van der Waals surface area contributed by atoms with Crippen LogP contribution in [0.2, 0.25) is 0 Å². The van der Waals surface area contributed by atoms with E-state index >= 15 is 0 Å². The molecule has 0 radical (unpaired) electrons. The predicted octanol–water partition coefficient (Wildman–Crippen LogP) is 1.44. The highest BCUT2D eigenvalue weighted by Crippen LogP contribution is 2.18. The molecule has 0 aromatic carbocycles. The summed E-state index contributed by atoms with van der Waals surface area (Å²) in [5.74, 6) is -2.06. The van der Waals surface area contributed by atoms with Gasteiger partial charge >= 0.3 is 5.97 Å². The molecule has 0 fully saturated rings. The van der Waals surface area contributed by atoms with E-state index in [2.05, 4.69) is 4.98 Å². The number of carboxylic acid groups (broad SMARTS) is 1. The molecule has 120 valence electrons. The number of pyridine rings is 1. The minimum Gasteiger partial charge on any atom is -0.481 e. The SMILES string of the molecule is CC(CN(C)C(=O)c1cc2c([nH]c1=O)CCCCC2)C(=O)O. The molecular formula is C16H22N2O4. The number of nitrogens with one attached hydrogen (secondary N) is 1. The molecule has 6 nitrogen and oxygen atoms in total. The van der Waals surface area contributed by atoms with Crippen LogP contribution in [0.5, 0.6) is 0 Å². The Morgan fingerprint density at radius 2 is 2.00 bits per heavy atom. The van der Waals surface area contributed by atoms with Gasteiger partial charge in [0.15, 0.2) is 0 Å². The Bertz CT molecular complexity index is 636. The third kappa shape index (κ3) is 3.55. The molecule has 22 heavy (non-hydrogen) atoms. The van der Waals surface area contributed by atoms with E-state index in [1.807, 2.05) is 0 Å². The number of aromatic nitrogens is 1. The molecule has 0 bridgehead atoms. The van der Waals surface area contributed by atoms with Gasteiger partial charge in [0.1, 0.15) is 5.56 Å².